The summed E-state index contributed by atoms with van der Waals surface area (Å²) >= 11 is 0. The van der Waals surface area contributed by atoms with Crippen molar-refractivity contribution in [2.24, 2.45) is 5.41 Å². The first-order valence-corrected chi connectivity index (χ1v) is 8.87. The summed E-state index contributed by atoms with van der Waals surface area (Å²) in [6, 6.07) is 2.40. The van der Waals surface area contributed by atoms with Crippen LogP contribution in [0.2, 0.25) is 0 Å². The van der Waals surface area contributed by atoms with Crippen LogP contribution in [0.15, 0.2) is 12.4 Å². The second kappa shape index (κ2) is 4.91. The van der Waals surface area contributed by atoms with Crippen molar-refractivity contribution in [3.8, 4) is 0 Å². The van der Waals surface area contributed by atoms with Crippen molar-refractivity contribution in [3.63, 3.8) is 0 Å². The number of carbonyl (C=O) groups excluding carboxylic acids is 1. The van der Waals surface area contributed by atoms with Gasteiger partial charge in [-0.15, -0.1) is 10.2 Å². The van der Waals surface area contributed by atoms with Crippen molar-refractivity contribution in [3.05, 3.63) is 29.6 Å². The fraction of sp³-hybridized carbons (Fsp3) is 0.647. The Morgan fingerprint density at radius 1 is 1.38 bits per heavy atom. The van der Waals surface area contributed by atoms with Gasteiger partial charge in [-0.25, -0.2) is 0 Å². The Morgan fingerprint density at radius 3 is 2.83 bits per heavy atom. The smallest absolute Gasteiger partial charge is 0.274 e. The minimum absolute atomic E-state index is 0.0330. The van der Waals surface area contributed by atoms with E-state index in [0.717, 1.165) is 24.6 Å². The SMILES string of the molecule is Cc1cc(C(=O)N2CC(c3nncn3C3CC3)C3(CCC3)C2)n[nH]1. The van der Waals surface area contributed by atoms with Gasteiger partial charge in [0, 0.05) is 30.7 Å². The van der Waals surface area contributed by atoms with E-state index in [2.05, 4.69) is 25.0 Å². The third-order valence-electron chi connectivity index (χ3n) is 6.06. The molecule has 2 aromatic rings. The standard InChI is InChI=1S/C17H22N6O/c1-11-7-14(20-19-11)16(24)22-8-13(17(9-22)5-2-6-17)15-21-18-10-23(15)12-3-4-12/h7,10,12-13H,2-6,8-9H2,1H3,(H,19,20). The van der Waals surface area contributed by atoms with Gasteiger partial charge in [0.25, 0.3) is 5.91 Å². The van der Waals surface area contributed by atoms with Crippen molar-refractivity contribution in [2.75, 3.05) is 13.1 Å². The van der Waals surface area contributed by atoms with Gasteiger partial charge in [0.2, 0.25) is 0 Å². The molecule has 1 unspecified atom stereocenters. The van der Waals surface area contributed by atoms with E-state index in [0.29, 0.717) is 17.7 Å². The van der Waals surface area contributed by atoms with Gasteiger partial charge in [0.15, 0.2) is 0 Å². The zero-order valence-corrected chi connectivity index (χ0v) is 13.9. The van der Waals surface area contributed by atoms with Crippen LogP contribution in [0.25, 0.3) is 0 Å². The Hall–Kier alpha value is -2.18. The molecule has 2 saturated carbocycles. The Balaban J connectivity index is 1.45. The number of H-pyrrole nitrogens is 1. The maximum absolute atomic E-state index is 12.8. The average molecular weight is 326 g/mol. The zero-order valence-electron chi connectivity index (χ0n) is 13.9. The number of amides is 1. The molecule has 0 aromatic carbocycles. The van der Waals surface area contributed by atoms with Gasteiger partial charge >= 0.3 is 0 Å². The molecular weight excluding hydrogens is 304 g/mol. The number of rotatable bonds is 3. The number of likely N-dealkylation sites (tertiary alicyclic amines) is 1. The molecule has 0 bridgehead atoms. The molecule has 3 heterocycles. The van der Waals surface area contributed by atoms with Crippen LogP contribution in [0.1, 0.15) is 66.1 Å². The van der Waals surface area contributed by atoms with E-state index in [1.165, 1.54) is 32.1 Å². The molecule has 1 spiro atoms. The van der Waals surface area contributed by atoms with Gasteiger partial charge in [-0.1, -0.05) is 6.42 Å². The van der Waals surface area contributed by atoms with E-state index in [4.69, 9.17) is 0 Å². The molecule has 1 atom stereocenters. The van der Waals surface area contributed by atoms with Gasteiger partial charge in [0.1, 0.15) is 17.8 Å². The highest BCUT2D eigenvalue weighted by atomic mass is 16.2. The lowest BCUT2D eigenvalue weighted by atomic mass is 9.62. The third-order valence-corrected chi connectivity index (χ3v) is 6.06. The fourth-order valence-corrected chi connectivity index (χ4v) is 4.44. The highest BCUT2D eigenvalue weighted by Crippen LogP contribution is 2.56. The Morgan fingerprint density at radius 2 is 2.21 bits per heavy atom. The summed E-state index contributed by atoms with van der Waals surface area (Å²) in [5.74, 6) is 1.43. The van der Waals surface area contributed by atoms with Crippen LogP contribution in [0, 0.1) is 12.3 Å². The molecular formula is C17H22N6O. The number of nitrogens with zero attached hydrogens (tertiary/aromatic N) is 5. The molecule has 2 aromatic heterocycles. The molecule has 2 aliphatic carbocycles. The lowest BCUT2D eigenvalue weighted by Crippen LogP contribution is -2.38. The summed E-state index contributed by atoms with van der Waals surface area (Å²) in [7, 11) is 0. The van der Waals surface area contributed by atoms with Crippen molar-refractivity contribution < 1.29 is 4.79 Å². The van der Waals surface area contributed by atoms with Crippen molar-refractivity contribution in [2.45, 2.75) is 51.0 Å². The maximum Gasteiger partial charge on any atom is 0.274 e. The van der Waals surface area contributed by atoms with Crippen LogP contribution in [-0.2, 0) is 0 Å². The zero-order chi connectivity index (χ0) is 16.3. The highest BCUT2D eigenvalue weighted by molar-refractivity contribution is 5.92. The first-order chi connectivity index (χ1) is 11.7. The third kappa shape index (κ3) is 2.03. The summed E-state index contributed by atoms with van der Waals surface area (Å²) in [6.07, 6.45) is 7.93. The van der Waals surface area contributed by atoms with Crippen LogP contribution < -0.4 is 0 Å². The number of aromatic nitrogens is 5. The van der Waals surface area contributed by atoms with E-state index in [1.807, 2.05) is 24.2 Å². The number of hydrogen-bond donors (Lipinski definition) is 1. The van der Waals surface area contributed by atoms with Crippen molar-refractivity contribution >= 4 is 5.91 Å². The van der Waals surface area contributed by atoms with E-state index in [-0.39, 0.29) is 11.3 Å². The largest absolute Gasteiger partial charge is 0.336 e. The lowest BCUT2D eigenvalue weighted by molar-refractivity contribution is 0.0717. The molecule has 0 radical (unpaired) electrons. The number of aryl methyl sites for hydroxylation is 1. The molecule has 1 saturated heterocycles. The Kier molecular flexibility index (Phi) is 2.90. The molecule has 7 heteroatoms. The number of hydrogen-bond acceptors (Lipinski definition) is 4. The first kappa shape index (κ1) is 14.2. The van der Waals surface area contributed by atoms with Gasteiger partial charge in [-0.2, -0.15) is 5.10 Å². The van der Waals surface area contributed by atoms with Crippen molar-refractivity contribution in [1.82, 2.24) is 29.9 Å². The predicted molar refractivity (Wildman–Crippen MR) is 86.5 cm³/mol. The number of nitrogens with one attached hydrogen (secondary N) is 1. The molecule has 1 N–H and O–H groups in total. The van der Waals surface area contributed by atoms with Crippen LogP contribution in [0.5, 0.6) is 0 Å². The number of carbonyl (C=O) groups is 1. The first-order valence-electron chi connectivity index (χ1n) is 8.87. The molecule has 3 fully saturated rings. The Bertz CT molecular complexity index is 785. The molecule has 1 aliphatic heterocycles. The van der Waals surface area contributed by atoms with E-state index < -0.39 is 0 Å². The number of aromatic amines is 1. The lowest BCUT2D eigenvalue weighted by Gasteiger charge is -2.42. The molecule has 5 rings (SSSR count). The second-order valence-corrected chi connectivity index (χ2v) is 7.72. The molecule has 24 heavy (non-hydrogen) atoms. The summed E-state index contributed by atoms with van der Waals surface area (Å²) in [5.41, 5.74) is 1.63. The molecule has 7 nitrogen and oxygen atoms in total. The Labute approximate surface area is 140 Å². The van der Waals surface area contributed by atoms with Crippen LogP contribution >= 0.6 is 0 Å². The van der Waals surface area contributed by atoms with E-state index in [1.54, 1.807) is 0 Å². The van der Waals surface area contributed by atoms with Crippen LogP contribution in [0.4, 0.5) is 0 Å². The van der Waals surface area contributed by atoms with Gasteiger partial charge in [-0.3, -0.25) is 9.89 Å². The average Bonchev–Trinajstić information content (AvgIpc) is 2.99. The summed E-state index contributed by atoms with van der Waals surface area (Å²) < 4.78 is 2.26. The molecule has 3 aliphatic rings. The minimum Gasteiger partial charge on any atom is -0.336 e. The minimum atomic E-state index is 0.0330. The van der Waals surface area contributed by atoms with Crippen LogP contribution in [0.3, 0.4) is 0 Å². The summed E-state index contributed by atoms with van der Waals surface area (Å²) in [4.78, 5) is 14.8. The molecule has 126 valence electrons. The van der Waals surface area contributed by atoms with Gasteiger partial charge in [-0.05, 0) is 44.1 Å². The van der Waals surface area contributed by atoms with E-state index in [9.17, 15) is 4.79 Å². The fourth-order valence-electron chi connectivity index (χ4n) is 4.44. The monoisotopic (exact) mass is 326 g/mol. The van der Waals surface area contributed by atoms with Gasteiger partial charge in [0.05, 0.1) is 0 Å². The summed E-state index contributed by atoms with van der Waals surface area (Å²) in [6.45, 7) is 3.47. The van der Waals surface area contributed by atoms with Crippen molar-refractivity contribution in [1.29, 1.82) is 0 Å². The molecule has 1 amide bonds. The topological polar surface area (TPSA) is 79.7 Å². The van der Waals surface area contributed by atoms with Gasteiger partial charge < -0.3 is 9.47 Å². The highest BCUT2D eigenvalue weighted by Gasteiger charge is 2.54. The van der Waals surface area contributed by atoms with E-state index >= 15 is 0 Å². The van der Waals surface area contributed by atoms with Crippen LogP contribution in [-0.4, -0.2) is 48.9 Å². The maximum atomic E-state index is 12.8. The predicted octanol–water partition coefficient (Wildman–Crippen LogP) is 2.05. The summed E-state index contributed by atoms with van der Waals surface area (Å²) in [5, 5.41) is 15.7. The quantitative estimate of drug-likeness (QED) is 0.936. The normalized spacial score (nSPS) is 25.2. The second-order valence-electron chi connectivity index (χ2n) is 7.72.